The van der Waals surface area contributed by atoms with Gasteiger partial charge in [-0.1, -0.05) is 26.0 Å². The Morgan fingerprint density at radius 2 is 1.85 bits per heavy atom. The second-order valence-electron chi connectivity index (χ2n) is 8.25. The monoisotopic (exact) mass is 445 g/mol. The van der Waals surface area contributed by atoms with Gasteiger partial charge in [-0.15, -0.1) is 0 Å². The number of carbonyl (C=O) groups excluding carboxylic acids is 1. The van der Waals surface area contributed by atoms with Crippen LogP contribution >= 0.6 is 0 Å². The molecule has 8 nitrogen and oxygen atoms in total. The Balaban J connectivity index is 1.76. The van der Waals surface area contributed by atoms with Crippen molar-refractivity contribution in [2.24, 2.45) is 5.92 Å². The minimum atomic E-state index is -0.437. The summed E-state index contributed by atoms with van der Waals surface area (Å²) in [5, 5.41) is 18.5. The molecule has 0 fully saturated rings. The summed E-state index contributed by atoms with van der Waals surface area (Å²) < 4.78 is 1.90. The van der Waals surface area contributed by atoms with Gasteiger partial charge in [0.05, 0.1) is 11.6 Å². The second-order valence-corrected chi connectivity index (χ2v) is 8.25. The minimum absolute atomic E-state index is 0.0915. The van der Waals surface area contributed by atoms with Crippen molar-refractivity contribution in [3.63, 3.8) is 0 Å². The molecule has 172 valence electrons. The Morgan fingerprint density at radius 3 is 2.48 bits per heavy atom. The highest BCUT2D eigenvalue weighted by Crippen LogP contribution is 2.18. The van der Waals surface area contributed by atoms with Gasteiger partial charge in [0.1, 0.15) is 17.7 Å². The van der Waals surface area contributed by atoms with Crippen molar-refractivity contribution in [1.82, 2.24) is 19.9 Å². The number of amides is 1. The number of rotatable bonds is 11. The predicted molar refractivity (Wildman–Crippen MR) is 130 cm³/mol. The molecule has 2 heterocycles. The molecule has 3 aromatic rings. The summed E-state index contributed by atoms with van der Waals surface area (Å²) in [6.45, 7) is 7.36. The lowest BCUT2D eigenvalue weighted by Crippen LogP contribution is -2.39. The third-order valence-corrected chi connectivity index (χ3v) is 5.14. The quantitative estimate of drug-likeness (QED) is 0.410. The van der Waals surface area contributed by atoms with Crippen LogP contribution < -0.4 is 16.0 Å². The number of benzene rings is 1. The molecule has 0 aliphatic heterocycles. The average Bonchev–Trinajstić information content (AvgIpc) is 3.35. The van der Waals surface area contributed by atoms with E-state index in [0.29, 0.717) is 48.6 Å². The maximum atomic E-state index is 13.1. The Morgan fingerprint density at radius 1 is 1.12 bits per heavy atom. The molecule has 0 aliphatic rings. The topological polar surface area (TPSA) is 108 Å². The molecule has 1 amide bonds. The van der Waals surface area contributed by atoms with E-state index >= 15 is 0 Å². The first-order chi connectivity index (χ1) is 16.0. The molecule has 0 radical (unpaired) electrons. The third kappa shape index (κ3) is 7.07. The number of nitriles is 1. The molecule has 0 spiro atoms. The summed E-state index contributed by atoms with van der Waals surface area (Å²) in [5.74, 6) is 2.19. The molecule has 8 heteroatoms. The third-order valence-electron chi connectivity index (χ3n) is 5.14. The van der Waals surface area contributed by atoms with Crippen LogP contribution in [0.15, 0.2) is 54.9 Å². The van der Waals surface area contributed by atoms with Crippen molar-refractivity contribution >= 4 is 17.7 Å². The van der Waals surface area contributed by atoms with Gasteiger partial charge in [-0.3, -0.25) is 4.79 Å². The highest BCUT2D eigenvalue weighted by atomic mass is 16.2. The number of hydrogen-bond acceptors (Lipinski definition) is 6. The van der Waals surface area contributed by atoms with E-state index in [1.54, 1.807) is 12.1 Å². The van der Waals surface area contributed by atoms with Gasteiger partial charge in [0.2, 0.25) is 11.9 Å². The molecular formula is C25H31N7O. The molecule has 0 bridgehead atoms. The Hall–Kier alpha value is -3.86. The van der Waals surface area contributed by atoms with Gasteiger partial charge in [-0.25, -0.2) is 0 Å². The maximum Gasteiger partial charge on any atom is 0.242 e. The Labute approximate surface area is 195 Å². The summed E-state index contributed by atoms with van der Waals surface area (Å²) >= 11 is 0. The number of carbonyl (C=O) groups is 1. The maximum absolute atomic E-state index is 13.1. The van der Waals surface area contributed by atoms with E-state index in [1.165, 1.54) is 0 Å². The van der Waals surface area contributed by atoms with Crippen LogP contribution in [0.4, 0.5) is 11.8 Å². The zero-order chi connectivity index (χ0) is 23.6. The molecule has 1 aromatic carbocycles. The number of nitrogens with zero attached hydrogens (tertiary/aromatic N) is 4. The van der Waals surface area contributed by atoms with E-state index in [9.17, 15) is 4.79 Å². The first-order valence-electron chi connectivity index (χ1n) is 11.3. The number of nitrogens with one attached hydrogen (secondary N) is 3. The molecular weight excluding hydrogens is 414 g/mol. The van der Waals surface area contributed by atoms with Gasteiger partial charge in [0.15, 0.2) is 0 Å². The van der Waals surface area contributed by atoms with Gasteiger partial charge in [-0.05, 0) is 55.5 Å². The van der Waals surface area contributed by atoms with Gasteiger partial charge in [0.25, 0.3) is 0 Å². The van der Waals surface area contributed by atoms with Crippen molar-refractivity contribution in [3.8, 4) is 11.9 Å². The molecule has 1 atom stereocenters. The van der Waals surface area contributed by atoms with Gasteiger partial charge < -0.3 is 20.5 Å². The van der Waals surface area contributed by atoms with E-state index in [4.69, 9.17) is 5.26 Å². The van der Waals surface area contributed by atoms with Crippen molar-refractivity contribution < 1.29 is 4.79 Å². The normalized spacial score (nSPS) is 11.6. The first-order valence-corrected chi connectivity index (χ1v) is 11.3. The molecule has 0 saturated carbocycles. The molecule has 0 saturated heterocycles. The first kappa shape index (κ1) is 23.8. The SMILES string of the molecule is CCNc1nc(N[C@H](CCC(C)C)C(=O)NCc2ccc(C#N)cc2)cc(-n2cccc2)n1. The van der Waals surface area contributed by atoms with Crippen LogP contribution in [-0.2, 0) is 11.3 Å². The summed E-state index contributed by atoms with van der Waals surface area (Å²) in [6, 6.07) is 14.6. The molecule has 2 aromatic heterocycles. The average molecular weight is 446 g/mol. The fraction of sp³-hybridized carbons (Fsp3) is 0.360. The lowest BCUT2D eigenvalue weighted by molar-refractivity contribution is -0.122. The van der Waals surface area contributed by atoms with Crippen LogP contribution in [0.2, 0.25) is 0 Å². The van der Waals surface area contributed by atoms with Crippen LogP contribution in [0.25, 0.3) is 5.82 Å². The van der Waals surface area contributed by atoms with Crippen molar-refractivity contribution in [1.29, 1.82) is 5.26 Å². The van der Waals surface area contributed by atoms with Crippen molar-refractivity contribution in [3.05, 3.63) is 66.0 Å². The molecule has 33 heavy (non-hydrogen) atoms. The van der Waals surface area contributed by atoms with Gasteiger partial charge in [0, 0.05) is 31.5 Å². The van der Waals surface area contributed by atoms with Crippen LogP contribution in [0.1, 0.15) is 44.7 Å². The predicted octanol–water partition coefficient (Wildman–Crippen LogP) is 4.10. The summed E-state index contributed by atoms with van der Waals surface area (Å²) in [7, 11) is 0. The highest BCUT2D eigenvalue weighted by Gasteiger charge is 2.20. The van der Waals surface area contributed by atoms with Crippen LogP contribution in [0.5, 0.6) is 0 Å². The summed E-state index contributed by atoms with van der Waals surface area (Å²) in [5.41, 5.74) is 1.54. The summed E-state index contributed by atoms with van der Waals surface area (Å²) in [4.78, 5) is 22.2. The van der Waals surface area contributed by atoms with Gasteiger partial charge >= 0.3 is 0 Å². The lowest BCUT2D eigenvalue weighted by atomic mass is 10.0. The van der Waals surface area contributed by atoms with Gasteiger partial charge in [-0.2, -0.15) is 15.2 Å². The zero-order valence-corrected chi connectivity index (χ0v) is 19.4. The van der Waals surface area contributed by atoms with Crippen LogP contribution in [0.3, 0.4) is 0 Å². The van der Waals surface area contributed by atoms with E-state index in [1.807, 2.05) is 54.2 Å². The largest absolute Gasteiger partial charge is 0.358 e. The fourth-order valence-electron chi connectivity index (χ4n) is 3.32. The number of aromatic nitrogens is 3. The smallest absolute Gasteiger partial charge is 0.242 e. The molecule has 3 rings (SSSR count). The van der Waals surface area contributed by atoms with E-state index in [0.717, 1.165) is 12.0 Å². The van der Waals surface area contributed by atoms with E-state index in [-0.39, 0.29) is 5.91 Å². The Bertz CT molecular complexity index is 1070. The highest BCUT2D eigenvalue weighted by molar-refractivity contribution is 5.84. The van der Waals surface area contributed by atoms with Crippen LogP contribution in [0, 0.1) is 17.2 Å². The molecule has 0 unspecified atom stereocenters. The second kappa shape index (κ2) is 11.7. The van der Waals surface area contributed by atoms with E-state index < -0.39 is 6.04 Å². The van der Waals surface area contributed by atoms with Crippen LogP contribution in [-0.4, -0.2) is 33.0 Å². The molecule has 3 N–H and O–H groups in total. The summed E-state index contributed by atoms with van der Waals surface area (Å²) in [6.07, 6.45) is 5.42. The van der Waals surface area contributed by atoms with E-state index in [2.05, 4.69) is 45.8 Å². The number of anilines is 2. The molecule has 0 aliphatic carbocycles. The minimum Gasteiger partial charge on any atom is -0.358 e. The van der Waals surface area contributed by atoms with Crippen molar-refractivity contribution in [2.75, 3.05) is 17.2 Å². The Kier molecular flexibility index (Phi) is 8.42. The zero-order valence-electron chi connectivity index (χ0n) is 19.4. The van der Waals surface area contributed by atoms with Crippen molar-refractivity contribution in [2.45, 2.75) is 46.2 Å². The number of hydrogen-bond donors (Lipinski definition) is 3. The lowest BCUT2D eigenvalue weighted by Gasteiger charge is -2.21. The standard InChI is InChI=1S/C25H31N7O/c1-4-27-25-30-22(15-23(31-25)32-13-5-6-14-32)29-21(12-7-18(2)3)24(33)28-17-20-10-8-19(16-26)9-11-20/h5-6,8-11,13-15,18,21H,4,7,12,17H2,1-3H3,(H,28,33)(H2,27,29,30,31)/t21-/m1/s1. The fourth-order valence-corrected chi connectivity index (χ4v) is 3.32.